The Labute approximate surface area is 149 Å². The molecule has 4 rings (SSSR count). The smallest absolute Gasteiger partial charge is 0.259 e. The van der Waals surface area contributed by atoms with Gasteiger partial charge in [-0.3, -0.25) is 14.9 Å². The summed E-state index contributed by atoms with van der Waals surface area (Å²) in [4.78, 5) is 24.9. The summed E-state index contributed by atoms with van der Waals surface area (Å²) >= 11 is 0. The molecule has 0 saturated carbocycles. The van der Waals surface area contributed by atoms with Crippen LogP contribution in [0.15, 0.2) is 71.5 Å². The van der Waals surface area contributed by atoms with Crippen LogP contribution in [-0.2, 0) is 9.84 Å². The SMILES string of the molecule is C=CS(=O)(=O)c1cc2cccc3c2c(c1-c1ccccc1)C(=O)NC3=O. The summed E-state index contributed by atoms with van der Waals surface area (Å²) in [6.45, 7) is 3.40. The molecule has 0 spiro atoms. The molecule has 26 heavy (non-hydrogen) atoms. The first-order chi connectivity index (χ1) is 12.4. The van der Waals surface area contributed by atoms with Gasteiger partial charge in [0.05, 0.1) is 10.5 Å². The van der Waals surface area contributed by atoms with Gasteiger partial charge in [0.2, 0.25) is 0 Å². The molecular formula is C20H13NO4S. The fraction of sp³-hybridized carbons (Fsp3) is 0. The average molecular weight is 363 g/mol. The fourth-order valence-electron chi connectivity index (χ4n) is 3.29. The maximum absolute atomic E-state index is 12.7. The highest BCUT2D eigenvalue weighted by Crippen LogP contribution is 2.39. The molecule has 1 aliphatic rings. The second kappa shape index (κ2) is 5.64. The molecule has 0 atom stereocenters. The summed E-state index contributed by atoms with van der Waals surface area (Å²) < 4.78 is 25.3. The molecule has 1 heterocycles. The van der Waals surface area contributed by atoms with Crippen LogP contribution in [0.25, 0.3) is 21.9 Å². The Hall–Kier alpha value is -3.25. The number of carbonyl (C=O) groups is 2. The van der Waals surface area contributed by atoms with Gasteiger partial charge in [0, 0.05) is 21.9 Å². The molecule has 6 heteroatoms. The summed E-state index contributed by atoms with van der Waals surface area (Å²) in [7, 11) is -3.83. The molecular weight excluding hydrogens is 350 g/mol. The van der Waals surface area contributed by atoms with E-state index in [0.29, 0.717) is 21.9 Å². The minimum absolute atomic E-state index is 0.0113. The van der Waals surface area contributed by atoms with E-state index < -0.39 is 21.7 Å². The third kappa shape index (κ3) is 2.27. The first-order valence-corrected chi connectivity index (χ1v) is 9.37. The van der Waals surface area contributed by atoms with E-state index in [4.69, 9.17) is 0 Å². The molecule has 1 N–H and O–H groups in total. The minimum Gasteiger partial charge on any atom is -0.288 e. The van der Waals surface area contributed by atoms with Crippen LogP contribution in [-0.4, -0.2) is 20.2 Å². The van der Waals surface area contributed by atoms with Crippen molar-refractivity contribution in [2.24, 2.45) is 0 Å². The molecule has 0 bridgehead atoms. The number of amides is 2. The Morgan fingerprint density at radius 3 is 2.31 bits per heavy atom. The summed E-state index contributed by atoms with van der Waals surface area (Å²) in [6.07, 6.45) is 0. The van der Waals surface area contributed by atoms with Gasteiger partial charge < -0.3 is 0 Å². The average Bonchev–Trinajstić information content (AvgIpc) is 2.65. The summed E-state index contributed by atoms with van der Waals surface area (Å²) in [5.74, 6) is -1.11. The van der Waals surface area contributed by atoms with Crippen molar-refractivity contribution in [1.29, 1.82) is 0 Å². The highest BCUT2D eigenvalue weighted by Gasteiger charge is 2.32. The van der Waals surface area contributed by atoms with Crippen molar-refractivity contribution in [2.75, 3.05) is 0 Å². The maximum atomic E-state index is 12.7. The number of nitrogens with one attached hydrogen (secondary N) is 1. The molecule has 2 amide bonds. The van der Waals surface area contributed by atoms with Crippen LogP contribution in [0.1, 0.15) is 20.7 Å². The largest absolute Gasteiger partial charge is 0.288 e. The molecule has 0 fully saturated rings. The van der Waals surface area contributed by atoms with E-state index in [1.807, 2.05) is 0 Å². The van der Waals surface area contributed by atoms with Crippen molar-refractivity contribution in [1.82, 2.24) is 5.32 Å². The first kappa shape index (κ1) is 16.2. The Bertz CT molecular complexity index is 1210. The van der Waals surface area contributed by atoms with E-state index >= 15 is 0 Å². The van der Waals surface area contributed by atoms with Crippen LogP contribution in [0.5, 0.6) is 0 Å². The highest BCUT2D eigenvalue weighted by molar-refractivity contribution is 7.94. The molecule has 128 valence electrons. The van der Waals surface area contributed by atoms with E-state index in [1.165, 1.54) is 6.07 Å². The third-order valence-corrected chi connectivity index (χ3v) is 5.79. The van der Waals surface area contributed by atoms with Crippen molar-refractivity contribution in [3.8, 4) is 11.1 Å². The molecule has 0 unspecified atom stereocenters. The molecule has 0 aromatic heterocycles. The second-order valence-electron chi connectivity index (χ2n) is 5.89. The number of hydrogen-bond acceptors (Lipinski definition) is 4. The quantitative estimate of drug-likeness (QED) is 0.724. The van der Waals surface area contributed by atoms with Crippen molar-refractivity contribution >= 4 is 32.4 Å². The van der Waals surface area contributed by atoms with Gasteiger partial charge in [0.1, 0.15) is 0 Å². The number of sulfone groups is 1. The Morgan fingerprint density at radius 2 is 1.62 bits per heavy atom. The molecule has 3 aromatic carbocycles. The monoisotopic (exact) mass is 363 g/mol. The van der Waals surface area contributed by atoms with Gasteiger partial charge in [0.15, 0.2) is 9.84 Å². The number of benzene rings is 3. The topological polar surface area (TPSA) is 80.3 Å². The second-order valence-corrected chi connectivity index (χ2v) is 7.75. The van der Waals surface area contributed by atoms with Crippen LogP contribution in [0, 0.1) is 0 Å². The van der Waals surface area contributed by atoms with E-state index in [0.717, 1.165) is 5.41 Å². The van der Waals surface area contributed by atoms with Gasteiger partial charge in [-0.2, -0.15) is 0 Å². The Balaban J connectivity index is 2.29. The molecule has 1 aliphatic heterocycles. The number of carbonyl (C=O) groups excluding carboxylic acids is 2. The number of imide groups is 1. The van der Waals surface area contributed by atoms with Gasteiger partial charge in [-0.1, -0.05) is 49.0 Å². The number of rotatable bonds is 3. The third-order valence-electron chi connectivity index (χ3n) is 4.42. The van der Waals surface area contributed by atoms with Gasteiger partial charge in [-0.25, -0.2) is 8.42 Å². The predicted octanol–water partition coefficient (Wildman–Crippen LogP) is 3.31. The van der Waals surface area contributed by atoms with Crippen LogP contribution >= 0.6 is 0 Å². The molecule has 0 radical (unpaired) electrons. The first-order valence-electron chi connectivity index (χ1n) is 7.82. The lowest BCUT2D eigenvalue weighted by Crippen LogP contribution is -2.35. The maximum Gasteiger partial charge on any atom is 0.259 e. The minimum atomic E-state index is -3.83. The van der Waals surface area contributed by atoms with Crippen LogP contribution in [0.3, 0.4) is 0 Å². The van der Waals surface area contributed by atoms with Crippen molar-refractivity contribution < 1.29 is 18.0 Å². The standard InChI is InChI=1S/C20H13NO4S/c1-2-26(24,25)15-11-13-9-6-10-14-16(13)18(20(23)21-19(14)22)17(15)12-7-4-3-5-8-12/h2-11H,1H2,(H,21,22,23). The fourth-order valence-corrected chi connectivity index (χ4v) is 4.26. The Morgan fingerprint density at radius 1 is 0.885 bits per heavy atom. The molecule has 5 nitrogen and oxygen atoms in total. The molecule has 3 aromatic rings. The number of hydrogen-bond donors (Lipinski definition) is 1. The summed E-state index contributed by atoms with van der Waals surface area (Å²) in [6, 6.07) is 15.2. The molecule has 0 saturated heterocycles. The zero-order valence-corrected chi connectivity index (χ0v) is 14.3. The predicted molar refractivity (Wildman–Crippen MR) is 98.6 cm³/mol. The van der Waals surface area contributed by atoms with E-state index in [2.05, 4.69) is 11.9 Å². The van der Waals surface area contributed by atoms with Crippen molar-refractivity contribution in [3.05, 3.63) is 77.7 Å². The van der Waals surface area contributed by atoms with Crippen LogP contribution in [0.4, 0.5) is 0 Å². The summed E-state index contributed by atoms with van der Waals surface area (Å²) in [5, 5.41) is 4.14. The van der Waals surface area contributed by atoms with Gasteiger partial charge in [-0.15, -0.1) is 0 Å². The zero-order valence-electron chi connectivity index (χ0n) is 13.5. The van der Waals surface area contributed by atoms with Crippen molar-refractivity contribution in [3.63, 3.8) is 0 Å². The van der Waals surface area contributed by atoms with E-state index in [1.54, 1.807) is 48.5 Å². The lowest BCUT2D eigenvalue weighted by Gasteiger charge is -2.22. The lowest BCUT2D eigenvalue weighted by atomic mass is 9.88. The van der Waals surface area contributed by atoms with E-state index in [9.17, 15) is 18.0 Å². The highest BCUT2D eigenvalue weighted by atomic mass is 32.2. The lowest BCUT2D eigenvalue weighted by molar-refractivity contribution is 0.0845. The van der Waals surface area contributed by atoms with Crippen molar-refractivity contribution in [2.45, 2.75) is 4.90 Å². The zero-order chi connectivity index (χ0) is 18.5. The Kier molecular flexibility index (Phi) is 3.52. The van der Waals surface area contributed by atoms with Gasteiger partial charge >= 0.3 is 0 Å². The van der Waals surface area contributed by atoms with E-state index in [-0.39, 0.29) is 16.0 Å². The molecule has 0 aliphatic carbocycles. The normalized spacial score (nSPS) is 13.5. The van der Waals surface area contributed by atoms with Crippen LogP contribution < -0.4 is 5.32 Å². The van der Waals surface area contributed by atoms with Gasteiger partial charge in [-0.05, 0) is 23.1 Å². The summed E-state index contributed by atoms with van der Waals surface area (Å²) in [5.41, 5.74) is 1.38. The van der Waals surface area contributed by atoms with Gasteiger partial charge in [0.25, 0.3) is 11.8 Å². The van der Waals surface area contributed by atoms with Crippen LogP contribution in [0.2, 0.25) is 0 Å².